The van der Waals surface area contributed by atoms with Crippen LogP contribution in [0.2, 0.25) is 0 Å². The number of anilines is 1. The van der Waals surface area contributed by atoms with E-state index in [9.17, 15) is 14.4 Å². The van der Waals surface area contributed by atoms with E-state index in [1.165, 1.54) is 4.90 Å². The molecule has 2 rings (SSSR count). The Morgan fingerprint density at radius 2 is 1.79 bits per heavy atom. The van der Waals surface area contributed by atoms with Gasteiger partial charge in [0.25, 0.3) is 0 Å². The van der Waals surface area contributed by atoms with Crippen molar-refractivity contribution in [2.24, 2.45) is 0 Å². The molecule has 0 fully saturated rings. The van der Waals surface area contributed by atoms with Gasteiger partial charge in [0.2, 0.25) is 11.8 Å². The number of methoxy groups -OCH3 is 1. The first-order valence-corrected chi connectivity index (χ1v) is 9.28. The molecule has 0 saturated heterocycles. The molecule has 29 heavy (non-hydrogen) atoms. The summed E-state index contributed by atoms with van der Waals surface area (Å²) < 4.78 is 11.9. The van der Waals surface area contributed by atoms with Crippen LogP contribution in [0.15, 0.2) is 30.3 Å². The number of esters is 1. The van der Waals surface area contributed by atoms with Crippen molar-refractivity contribution in [3.05, 3.63) is 47.3 Å². The monoisotopic (exact) mass is 401 g/mol. The number of carbonyl (C=O) groups is 3. The molecule has 0 aliphatic carbocycles. The minimum Gasteiger partial charge on any atom is -0.497 e. The summed E-state index contributed by atoms with van der Waals surface area (Å²) in [6.45, 7) is 5.56. The van der Waals surface area contributed by atoms with Crippen molar-refractivity contribution in [1.82, 2.24) is 9.47 Å². The van der Waals surface area contributed by atoms with E-state index in [2.05, 4.69) is 5.32 Å². The van der Waals surface area contributed by atoms with Crippen LogP contribution in [0.3, 0.4) is 0 Å². The van der Waals surface area contributed by atoms with Gasteiger partial charge in [-0.2, -0.15) is 0 Å². The predicted molar refractivity (Wildman–Crippen MR) is 109 cm³/mol. The van der Waals surface area contributed by atoms with Crippen LogP contribution < -0.4 is 10.1 Å². The standard InChI is InChI=1S/C21H27N3O5/c1-6-29-21(27)18-11-14(2)24(15(18)3)13-20(26)23(4)12-19(25)22-16-7-9-17(28-5)10-8-16/h7-11H,6,12-13H2,1-5H3,(H,22,25). The van der Waals surface area contributed by atoms with Crippen LogP contribution in [-0.4, -0.2) is 54.6 Å². The Kier molecular flexibility index (Phi) is 7.41. The van der Waals surface area contributed by atoms with Gasteiger partial charge in [-0.25, -0.2) is 4.79 Å². The second-order valence-electron chi connectivity index (χ2n) is 6.62. The normalized spacial score (nSPS) is 10.4. The Balaban J connectivity index is 1.98. The van der Waals surface area contributed by atoms with Crippen LogP contribution in [0, 0.1) is 13.8 Å². The second kappa shape index (κ2) is 9.77. The van der Waals surface area contributed by atoms with Gasteiger partial charge in [-0.3, -0.25) is 9.59 Å². The van der Waals surface area contributed by atoms with Crippen LogP contribution in [0.4, 0.5) is 5.69 Å². The summed E-state index contributed by atoms with van der Waals surface area (Å²) in [6.07, 6.45) is 0. The number of aryl methyl sites for hydroxylation is 1. The molecular formula is C21H27N3O5. The molecule has 0 radical (unpaired) electrons. The lowest BCUT2D eigenvalue weighted by molar-refractivity contribution is -0.133. The minimum absolute atomic E-state index is 0.0311. The average Bonchev–Trinajstić information content (AvgIpc) is 2.97. The van der Waals surface area contributed by atoms with Gasteiger partial charge < -0.3 is 24.3 Å². The van der Waals surface area contributed by atoms with E-state index in [1.54, 1.807) is 62.9 Å². The lowest BCUT2D eigenvalue weighted by atomic mass is 10.2. The molecule has 8 heteroatoms. The summed E-state index contributed by atoms with van der Waals surface area (Å²) >= 11 is 0. The molecule has 1 N–H and O–H groups in total. The largest absolute Gasteiger partial charge is 0.497 e. The molecule has 0 aliphatic heterocycles. The summed E-state index contributed by atoms with van der Waals surface area (Å²) in [7, 11) is 3.13. The average molecular weight is 401 g/mol. The minimum atomic E-state index is -0.411. The highest BCUT2D eigenvalue weighted by Gasteiger charge is 2.20. The van der Waals surface area contributed by atoms with Crippen LogP contribution in [0.25, 0.3) is 0 Å². The van der Waals surface area contributed by atoms with Crippen LogP contribution in [0.1, 0.15) is 28.7 Å². The van der Waals surface area contributed by atoms with Gasteiger partial charge in [0.1, 0.15) is 12.3 Å². The molecule has 0 saturated carbocycles. The van der Waals surface area contributed by atoms with Crippen LogP contribution >= 0.6 is 0 Å². The van der Waals surface area contributed by atoms with Crippen molar-refractivity contribution >= 4 is 23.5 Å². The number of hydrogen-bond acceptors (Lipinski definition) is 5. The zero-order valence-electron chi connectivity index (χ0n) is 17.4. The molecular weight excluding hydrogens is 374 g/mol. The molecule has 156 valence electrons. The fraction of sp³-hybridized carbons (Fsp3) is 0.381. The Labute approximate surface area is 170 Å². The topological polar surface area (TPSA) is 89.9 Å². The smallest absolute Gasteiger partial charge is 0.339 e. The first-order valence-electron chi connectivity index (χ1n) is 9.28. The van der Waals surface area contributed by atoms with E-state index in [0.717, 1.165) is 5.69 Å². The second-order valence-corrected chi connectivity index (χ2v) is 6.62. The zero-order chi connectivity index (χ0) is 21.6. The fourth-order valence-electron chi connectivity index (χ4n) is 2.89. The lowest BCUT2D eigenvalue weighted by Gasteiger charge is -2.18. The van der Waals surface area contributed by atoms with Crippen molar-refractivity contribution < 1.29 is 23.9 Å². The molecule has 2 amide bonds. The number of nitrogens with zero attached hydrogens (tertiary/aromatic N) is 2. The number of carbonyl (C=O) groups excluding carboxylic acids is 3. The highest BCUT2D eigenvalue weighted by atomic mass is 16.5. The lowest BCUT2D eigenvalue weighted by Crippen LogP contribution is -2.37. The number of nitrogens with one attached hydrogen (secondary N) is 1. The summed E-state index contributed by atoms with van der Waals surface area (Å²) in [5.74, 6) is -0.271. The molecule has 2 aromatic rings. The highest BCUT2D eigenvalue weighted by Crippen LogP contribution is 2.17. The van der Waals surface area contributed by atoms with Gasteiger partial charge in [0.05, 0.1) is 25.8 Å². The van der Waals surface area contributed by atoms with E-state index < -0.39 is 5.97 Å². The van der Waals surface area contributed by atoms with Crippen molar-refractivity contribution in [2.75, 3.05) is 32.6 Å². The molecule has 0 atom stereocenters. The van der Waals surface area contributed by atoms with Crippen molar-refractivity contribution in [2.45, 2.75) is 27.3 Å². The number of aromatic nitrogens is 1. The Hall–Kier alpha value is -3.29. The van der Waals surface area contributed by atoms with E-state index in [1.807, 2.05) is 6.92 Å². The van der Waals surface area contributed by atoms with Crippen molar-refractivity contribution in [3.8, 4) is 5.75 Å². The van der Waals surface area contributed by atoms with Crippen LogP contribution in [0.5, 0.6) is 5.75 Å². The number of benzene rings is 1. The maximum Gasteiger partial charge on any atom is 0.339 e. The van der Waals surface area contributed by atoms with Gasteiger partial charge in [-0.15, -0.1) is 0 Å². The third-order valence-electron chi connectivity index (χ3n) is 4.54. The summed E-state index contributed by atoms with van der Waals surface area (Å²) in [6, 6.07) is 8.63. The number of rotatable bonds is 8. The Bertz CT molecular complexity index is 886. The van der Waals surface area contributed by atoms with E-state index in [-0.39, 0.29) is 31.5 Å². The van der Waals surface area contributed by atoms with Gasteiger partial charge in [0.15, 0.2) is 0 Å². The first-order chi connectivity index (χ1) is 13.8. The third kappa shape index (κ3) is 5.60. The number of ether oxygens (including phenoxy) is 2. The fourth-order valence-corrected chi connectivity index (χ4v) is 2.89. The van der Waals surface area contributed by atoms with Crippen molar-refractivity contribution in [3.63, 3.8) is 0 Å². The van der Waals surface area contributed by atoms with E-state index >= 15 is 0 Å². The predicted octanol–water partition coefficient (Wildman–Crippen LogP) is 2.39. The van der Waals surface area contributed by atoms with Gasteiger partial charge in [-0.1, -0.05) is 0 Å². The summed E-state index contributed by atoms with van der Waals surface area (Å²) in [5, 5.41) is 2.74. The van der Waals surface area contributed by atoms with Crippen LogP contribution in [-0.2, 0) is 20.9 Å². The molecule has 0 spiro atoms. The molecule has 0 aliphatic rings. The number of hydrogen-bond donors (Lipinski definition) is 1. The third-order valence-corrected chi connectivity index (χ3v) is 4.54. The number of amides is 2. The molecule has 1 aromatic heterocycles. The molecule has 1 heterocycles. The molecule has 0 unspecified atom stereocenters. The molecule has 0 bridgehead atoms. The molecule has 8 nitrogen and oxygen atoms in total. The SMILES string of the molecule is CCOC(=O)c1cc(C)n(CC(=O)N(C)CC(=O)Nc2ccc(OC)cc2)c1C. The molecule has 1 aromatic carbocycles. The van der Waals surface area contributed by atoms with E-state index in [0.29, 0.717) is 22.7 Å². The van der Waals surface area contributed by atoms with Gasteiger partial charge in [-0.05, 0) is 51.1 Å². The van der Waals surface area contributed by atoms with Gasteiger partial charge >= 0.3 is 5.97 Å². The van der Waals surface area contributed by atoms with Crippen molar-refractivity contribution in [1.29, 1.82) is 0 Å². The first kappa shape index (κ1) is 22.0. The maximum atomic E-state index is 12.6. The maximum absolute atomic E-state index is 12.6. The zero-order valence-corrected chi connectivity index (χ0v) is 17.4. The Morgan fingerprint density at radius 3 is 2.38 bits per heavy atom. The van der Waals surface area contributed by atoms with E-state index in [4.69, 9.17) is 9.47 Å². The van der Waals surface area contributed by atoms with Gasteiger partial charge in [0, 0.05) is 24.1 Å². The highest BCUT2D eigenvalue weighted by molar-refractivity contribution is 5.94. The summed E-state index contributed by atoms with van der Waals surface area (Å²) in [4.78, 5) is 38.2. The summed E-state index contributed by atoms with van der Waals surface area (Å²) in [5.41, 5.74) is 2.49. The number of likely N-dealkylation sites (N-methyl/N-ethyl adjacent to an activating group) is 1. The Morgan fingerprint density at radius 1 is 1.14 bits per heavy atom. The quantitative estimate of drug-likeness (QED) is 0.686.